The van der Waals surface area contributed by atoms with Crippen LogP contribution in [0.15, 0.2) is 36.4 Å². The van der Waals surface area contributed by atoms with E-state index in [-0.39, 0.29) is 11.5 Å². The smallest absolute Gasteiger partial charge is 0.206 e. The molecule has 3 rings (SSSR count). The van der Waals surface area contributed by atoms with Crippen LogP contribution in [0, 0.1) is 7.14 Å². The third-order valence-corrected chi connectivity index (χ3v) is 6.03. The van der Waals surface area contributed by atoms with Crippen molar-refractivity contribution in [2.24, 2.45) is 0 Å². The van der Waals surface area contributed by atoms with Crippen molar-refractivity contribution >= 4 is 51.0 Å². The largest absolute Gasteiger partial charge is 0.506 e. The van der Waals surface area contributed by atoms with Crippen molar-refractivity contribution in [3.8, 4) is 11.5 Å². The number of unbranched alkanes of at least 4 members (excludes halogenated alkanes) is 1. The molecule has 1 atom stereocenters. The highest BCUT2D eigenvalue weighted by atomic mass is 127. The molecule has 0 saturated carbocycles. The lowest BCUT2D eigenvalue weighted by atomic mass is 9.84. The van der Waals surface area contributed by atoms with Crippen molar-refractivity contribution in [2.45, 2.75) is 38.2 Å². The highest BCUT2D eigenvalue weighted by Gasteiger charge is 2.45. The van der Waals surface area contributed by atoms with Gasteiger partial charge in [0.15, 0.2) is 5.60 Å². The Kier molecular flexibility index (Phi) is 5.39. The lowest BCUT2D eigenvalue weighted by Crippen LogP contribution is -2.43. The van der Waals surface area contributed by atoms with E-state index in [1.807, 2.05) is 24.3 Å². The van der Waals surface area contributed by atoms with Gasteiger partial charge in [0.05, 0.1) is 7.14 Å². The molecular formula is C19H18I2O3. The number of carbonyl (C=O) groups excluding carboxylic acids is 1. The molecule has 0 spiro atoms. The van der Waals surface area contributed by atoms with E-state index < -0.39 is 5.60 Å². The maximum absolute atomic E-state index is 13.3. The number of para-hydroxylation sites is 1. The highest BCUT2D eigenvalue weighted by molar-refractivity contribution is 14.1. The zero-order chi connectivity index (χ0) is 17.3. The molecule has 0 amide bonds. The van der Waals surface area contributed by atoms with Crippen LogP contribution in [0.4, 0.5) is 0 Å². The highest BCUT2D eigenvalue weighted by Crippen LogP contribution is 2.40. The van der Waals surface area contributed by atoms with E-state index in [0.717, 1.165) is 24.2 Å². The number of ketones is 1. The van der Waals surface area contributed by atoms with Gasteiger partial charge in [0.2, 0.25) is 5.78 Å². The topological polar surface area (TPSA) is 46.5 Å². The maximum atomic E-state index is 13.3. The molecule has 0 radical (unpaired) electrons. The molecule has 0 aliphatic carbocycles. The fraction of sp³-hybridized carbons (Fsp3) is 0.316. The molecule has 2 aromatic rings. The van der Waals surface area contributed by atoms with Crippen LogP contribution in [0.5, 0.6) is 11.5 Å². The Bertz CT molecular complexity index is 738. The summed E-state index contributed by atoms with van der Waals surface area (Å²) in [5.41, 5.74) is 0.860. The van der Waals surface area contributed by atoms with Gasteiger partial charge >= 0.3 is 0 Å². The second kappa shape index (κ2) is 7.19. The van der Waals surface area contributed by atoms with Crippen molar-refractivity contribution in [2.75, 3.05) is 0 Å². The Morgan fingerprint density at radius 3 is 2.54 bits per heavy atom. The molecule has 1 aliphatic rings. The molecule has 2 aromatic carbocycles. The third kappa shape index (κ3) is 3.29. The first-order valence-corrected chi connectivity index (χ1v) is 10.1. The molecule has 24 heavy (non-hydrogen) atoms. The number of halogens is 2. The number of benzene rings is 2. The summed E-state index contributed by atoms with van der Waals surface area (Å²) >= 11 is 4.12. The van der Waals surface area contributed by atoms with Crippen LogP contribution in [0.1, 0.15) is 42.1 Å². The van der Waals surface area contributed by atoms with Gasteiger partial charge in [-0.2, -0.15) is 0 Å². The van der Waals surface area contributed by atoms with Crippen LogP contribution in [0.25, 0.3) is 0 Å². The van der Waals surface area contributed by atoms with Gasteiger partial charge < -0.3 is 9.84 Å². The molecule has 0 aromatic heterocycles. The number of carbonyl (C=O) groups is 1. The summed E-state index contributed by atoms with van der Waals surface area (Å²) in [6.45, 7) is 2.12. The molecule has 1 aliphatic heterocycles. The first-order chi connectivity index (χ1) is 11.5. The predicted molar refractivity (Wildman–Crippen MR) is 111 cm³/mol. The zero-order valence-electron chi connectivity index (χ0n) is 13.3. The first-order valence-electron chi connectivity index (χ1n) is 7.96. The molecular weight excluding hydrogens is 530 g/mol. The number of hydrogen-bond donors (Lipinski definition) is 1. The van der Waals surface area contributed by atoms with Gasteiger partial charge in [-0.05, 0) is 81.8 Å². The summed E-state index contributed by atoms with van der Waals surface area (Å²) in [6.07, 6.45) is 3.26. The van der Waals surface area contributed by atoms with Gasteiger partial charge in [0, 0.05) is 12.0 Å². The molecule has 3 nitrogen and oxygen atoms in total. The summed E-state index contributed by atoms with van der Waals surface area (Å²) < 4.78 is 7.57. The van der Waals surface area contributed by atoms with E-state index in [1.54, 1.807) is 12.1 Å². The van der Waals surface area contributed by atoms with Gasteiger partial charge in [-0.15, -0.1) is 0 Å². The third-order valence-electron chi connectivity index (χ3n) is 4.38. The molecule has 1 unspecified atom stereocenters. The molecule has 0 saturated heterocycles. The van der Waals surface area contributed by atoms with Crippen LogP contribution in [-0.4, -0.2) is 16.5 Å². The average Bonchev–Trinajstić information content (AvgIpc) is 2.96. The van der Waals surface area contributed by atoms with Crippen LogP contribution in [0.3, 0.4) is 0 Å². The molecule has 0 bridgehead atoms. The monoisotopic (exact) mass is 548 g/mol. The fourth-order valence-corrected chi connectivity index (χ4v) is 4.87. The van der Waals surface area contributed by atoms with Gasteiger partial charge in [0.25, 0.3) is 0 Å². The summed E-state index contributed by atoms with van der Waals surface area (Å²) in [7, 11) is 0. The van der Waals surface area contributed by atoms with Crippen molar-refractivity contribution in [3.05, 3.63) is 54.7 Å². The Morgan fingerprint density at radius 2 is 1.92 bits per heavy atom. The standard InChI is InChI=1S/C19H18I2O3/c1-2-3-8-19(11-12-6-4-5-7-16(12)24-19)18(23)13-9-14(20)17(22)15(21)10-13/h4-7,9-10,22H,2-3,8,11H2,1H3. The lowest BCUT2D eigenvalue weighted by molar-refractivity contribution is 0.0493. The summed E-state index contributed by atoms with van der Waals surface area (Å²) in [6, 6.07) is 11.4. The van der Waals surface area contributed by atoms with Crippen LogP contribution in [-0.2, 0) is 6.42 Å². The minimum absolute atomic E-state index is 0.00276. The maximum Gasteiger partial charge on any atom is 0.206 e. The van der Waals surface area contributed by atoms with Crippen LogP contribution < -0.4 is 4.74 Å². The Balaban J connectivity index is 2.00. The first kappa shape index (κ1) is 18.0. The van der Waals surface area contributed by atoms with Crippen molar-refractivity contribution in [1.82, 2.24) is 0 Å². The normalized spacial score (nSPS) is 19.0. The number of hydrogen-bond acceptors (Lipinski definition) is 3. The minimum atomic E-state index is -0.831. The van der Waals surface area contributed by atoms with E-state index in [0.29, 0.717) is 25.5 Å². The minimum Gasteiger partial charge on any atom is -0.506 e. The Hall–Kier alpha value is -0.830. The van der Waals surface area contributed by atoms with Gasteiger partial charge in [-0.1, -0.05) is 31.5 Å². The van der Waals surface area contributed by atoms with Gasteiger partial charge in [-0.25, -0.2) is 0 Å². The number of ether oxygens (including phenoxy) is 1. The number of phenols is 1. The van der Waals surface area contributed by atoms with Crippen LogP contribution in [0.2, 0.25) is 0 Å². The van der Waals surface area contributed by atoms with E-state index in [4.69, 9.17) is 4.74 Å². The Labute approximate surface area is 169 Å². The average molecular weight is 548 g/mol. The molecule has 126 valence electrons. The predicted octanol–water partition coefficient (Wildman–Crippen LogP) is 5.35. The van der Waals surface area contributed by atoms with E-state index in [2.05, 4.69) is 52.1 Å². The number of aromatic hydroxyl groups is 1. The number of phenolic OH excluding ortho intramolecular Hbond substituents is 1. The second-order valence-electron chi connectivity index (χ2n) is 6.10. The van der Waals surface area contributed by atoms with E-state index >= 15 is 0 Å². The van der Waals surface area contributed by atoms with Crippen molar-refractivity contribution < 1.29 is 14.6 Å². The quantitative estimate of drug-likeness (QED) is 0.405. The van der Waals surface area contributed by atoms with Crippen molar-refractivity contribution in [3.63, 3.8) is 0 Å². The molecule has 1 N–H and O–H groups in total. The summed E-state index contributed by atoms with van der Waals surface area (Å²) in [4.78, 5) is 13.3. The summed E-state index contributed by atoms with van der Waals surface area (Å²) in [5.74, 6) is 1.04. The fourth-order valence-electron chi connectivity index (χ4n) is 3.11. The molecule has 0 fully saturated rings. The van der Waals surface area contributed by atoms with E-state index in [1.165, 1.54) is 0 Å². The molecule has 5 heteroatoms. The zero-order valence-corrected chi connectivity index (χ0v) is 17.6. The van der Waals surface area contributed by atoms with Crippen molar-refractivity contribution in [1.29, 1.82) is 0 Å². The second-order valence-corrected chi connectivity index (χ2v) is 8.43. The van der Waals surface area contributed by atoms with Crippen LogP contribution >= 0.6 is 45.2 Å². The summed E-state index contributed by atoms with van der Waals surface area (Å²) in [5, 5.41) is 9.97. The Morgan fingerprint density at radius 1 is 1.25 bits per heavy atom. The lowest BCUT2D eigenvalue weighted by Gasteiger charge is -2.27. The van der Waals surface area contributed by atoms with E-state index in [9.17, 15) is 9.90 Å². The number of Topliss-reactive ketones (excluding diaryl/α,β-unsaturated/α-hetero) is 1. The van der Waals surface area contributed by atoms with Gasteiger partial charge in [-0.3, -0.25) is 4.79 Å². The SMILES string of the molecule is CCCCC1(C(=O)c2cc(I)c(O)c(I)c2)Cc2ccccc2O1. The number of rotatable bonds is 5. The van der Waals surface area contributed by atoms with Gasteiger partial charge in [0.1, 0.15) is 11.5 Å². The number of fused-ring (bicyclic) bond motifs is 1. The molecule has 1 heterocycles.